The first-order valence-corrected chi connectivity index (χ1v) is 7.81. The molecular weight excluding hydrogens is 341 g/mol. The minimum Gasteiger partial charge on any atom is -0.480 e. The fourth-order valence-electron chi connectivity index (χ4n) is 1.47. The van der Waals surface area contributed by atoms with Gasteiger partial charge in [-0.25, -0.2) is 13.4 Å². The molecule has 11 heteroatoms. The van der Waals surface area contributed by atoms with Gasteiger partial charge in [-0.3, -0.25) is 4.79 Å². The van der Waals surface area contributed by atoms with E-state index in [1.807, 2.05) is 4.72 Å². The molecule has 0 aliphatic rings. The molecule has 0 unspecified atom stereocenters. The summed E-state index contributed by atoms with van der Waals surface area (Å²) >= 11 is 0. The predicted molar refractivity (Wildman–Crippen MR) is 72.4 cm³/mol. The Labute approximate surface area is 130 Å². The van der Waals surface area contributed by atoms with Crippen molar-refractivity contribution in [2.75, 3.05) is 6.61 Å². The zero-order valence-corrected chi connectivity index (χ0v) is 13.0. The van der Waals surface area contributed by atoms with Gasteiger partial charge in [0.25, 0.3) is 0 Å². The lowest BCUT2D eigenvalue weighted by Gasteiger charge is -2.17. The van der Waals surface area contributed by atoms with Crippen LogP contribution in [0.5, 0.6) is 5.88 Å². The number of aliphatic carboxylic acids is 1. The normalized spacial score (nSPS) is 13.8. The van der Waals surface area contributed by atoms with Crippen molar-refractivity contribution in [3.8, 4) is 5.88 Å². The monoisotopic (exact) mass is 356 g/mol. The Kier molecular flexibility index (Phi) is 5.94. The van der Waals surface area contributed by atoms with Crippen molar-refractivity contribution in [3.05, 3.63) is 18.3 Å². The highest BCUT2D eigenvalue weighted by Crippen LogP contribution is 2.18. The van der Waals surface area contributed by atoms with Crippen LogP contribution in [0.2, 0.25) is 0 Å². The molecule has 0 bridgehead atoms. The van der Waals surface area contributed by atoms with Crippen LogP contribution in [0.15, 0.2) is 23.2 Å². The van der Waals surface area contributed by atoms with E-state index in [-0.39, 0.29) is 4.90 Å². The molecule has 0 amide bonds. The molecule has 1 heterocycles. The van der Waals surface area contributed by atoms with Crippen LogP contribution in [-0.4, -0.2) is 43.3 Å². The first-order valence-electron chi connectivity index (χ1n) is 6.33. The highest BCUT2D eigenvalue weighted by Gasteiger charge is 2.30. The van der Waals surface area contributed by atoms with E-state index in [0.29, 0.717) is 0 Å². The third-order valence-electron chi connectivity index (χ3n) is 2.62. The molecule has 0 aromatic carbocycles. The molecular formula is C12H15F3N2O5S. The Balaban J connectivity index is 2.87. The van der Waals surface area contributed by atoms with Crippen molar-refractivity contribution < 1.29 is 36.2 Å². The third kappa shape index (κ3) is 6.02. The first kappa shape index (κ1) is 19.2. The number of halogens is 3. The number of nitrogens with zero attached hydrogens (tertiary/aromatic N) is 1. The van der Waals surface area contributed by atoms with Crippen LogP contribution in [-0.2, 0) is 14.8 Å². The number of sulfonamides is 1. The van der Waals surface area contributed by atoms with E-state index in [9.17, 15) is 26.4 Å². The number of hydrogen-bond acceptors (Lipinski definition) is 5. The van der Waals surface area contributed by atoms with Crippen molar-refractivity contribution in [2.24, 2.45) is 5.92 Å². The van der Waals surface area contributed by atoms with Crippen LogP contribution in [0, 0.1) is 5.92 Å². The van der Waals surface area contributed by atoms with E-state index in [1.54, 1.807) is 0 Å². The quantitative estimate of drug-likeness (QED) is 0.765. The second-order valence-corrected chi connectivity index (χ2v) is 6.63. The summed E-state index contributed by atoms with van der Waals surface area (Å²) in [6.45, 7) is 1.49. The van der Waals surface area contributed by atoms with E-state index >= 15 is 0 Å². The van der Waals surface area contributed by atoms with Crippen molar-refractivity contribution in [1.29, 1.82) is 0 Å². The minimum absolute atomic E-state index is 0.385. The van der Waals surface area contributed by atoms with E-state index in [1.165, 1.54) is 13.8 Å². The first-order chi connectivity index (χ1) is 10.4. The smallest absolute Gasteiger partial charge is 0.422 e. The molecule has 0 saturated heterocycles. The van der Waals surface area contributed by atoms with E-state index in [0.717, 1.165) is 18.3 Å². The van der Waals surface area contributed by atoms with Crippen LogP contribution in [0.4, 0.5) is 13.2 Å². The van der Waals surface area contributed by atoms with E-state index in [2.05, 4.69) is 9.72 Å². The number of carboxylic acids is 1. The molecule has 1 aromatic heterocycles. The number of aromatic nitrogens is 1. The standard InChI is InChI=1S/C12H15F3N2O5S/c1-7(2)10(11(18)19)17-23(20,21)8-3-4-9(16-5-8)22-6-12(13,14)15/h3-5,7,10,17H,6H2,1-2H3,(H,18,19)/t10-/m0/s1. The fraction of sp³-hybridized carbons (Fsp3) is 0.500. The molecule has 0 aliphatic heterocycles. The van der Waals surface area contributed by atoms with Gasteiger partial charge in [-0.2, -0.15) is 17.9 Å². The second kappa shape index (κ2) is 7.13. The molecule has 1 rings (SSSR count). The Morgan fingerprint density at radius 2 is 2.00 bits per heavy atom. The molecule has 0 saturated carbocycles. The number of carboxylic acid groups (broad SMARTS) is 1. The Hall–Kier alpha value is -1.88. The Morgan fingerprint density at radius 1 is 1.39 bits per heavy atom. The third-order valence-corrected chi connectivity index (χ3v) is 4.04. The van der Waals surface area contributed by atoms with E-state index in [4.69, 9.17) is 5.11 Å². The molecule has 1 atom stereocenters. The molecule has 0 aliphatic carbocycles. The molecule has 0 fully saturated rings. The maximum absolute atomic E-state index is 12.0. The molecule has 0 spiro atoms. The molecule has 0 radical (unpaired) electrons. The number of pyridine rings is 1. The summed E-state index contributed by atoms with van der Waals surface area (Å²) in [5, 5.41) is 8.98. The van der Waals surface area contributed by atoms with Crippen LogP contribution in [0.25, 0.3) is 0 Å². The summed E-state index contributed by atoms with van der Waals surface area (Å²) in [5.74, 6) is -2.26. The fourth-order valence-corrected chi connectivity index (χ4v) is 2.76. The number of nitrogens with one attached hydrogen (secondary N) is 1. The van der Waals surface area contributed by atoms with Gasteiger partial charge in [0.05, 0.1) is 6.20 Å². The van der Waals surface area contributed by atoms with Crippen molar-refractivity contribution in [3.63, 3.8) is 0 Å². The highest BCUT2D eigenvalue weighted by molar-refractivity contribution is 7.89. The van der Waals surface area contributed by atoms with Gasteiger partial charge in [0.15, 0.2) is 6.61 Å². The molecule has 130 valence electrons. The Morgan fingerprint density at radius 3 is 2.39 bits per heavy atom. The summed E-state index contributed by atoms with van der Waals surface area (Å²) in [6.07, 6.45) is -3.76. The average Bonchev–Trinajstić information content (AvgIpc) is 2.42. The van der Waals surface area contributed by atoms with Crippen molar-refractivity contribution >= 4 is 16.0 Å². The number of carbonyl (C=O) groups is 1. The SMILES string of the molecule is CC(C)[C@H](NS(=O)(=O)c1ccc(OCC(F)(F)F)nc1)C(=O)O. The molecule has 23 heavy (non-hydrogen) atoms. The maximum Gasteiger partial charge on any atom is 0.422 e. The average molecular weight is 356 g/mol. The lowest BCUT2D eigenvalue weighted by molar-refractivity contribution is -0.154. The summed E-state index contributed by atoms with van der Waals surface area (Å²) < 4.78 is 66.4. The minimum atomic E-state index is -4.54. The largest absolute Gasteiger partial charge is 0.480 e. The topological polar surface area (TPSA) is 106 Å². The summed E-state index contributed by atoms with van der Waals surface area (Å²) in [5.41, 5.74) is 0. The van der Waals surface area contributed by atoms with E-state index < -0.39 is 46.6 Å². The van der Waals surface area contributed by atoms with Crippen LogP contribution in [0.1, 0.15) is 13.8 Å². The zero-order chi connectivity index (χ0) is 17.8. The zero-order valence-electron chi connectivity index (χ0n) is 12.2. The van der Waals surface area contributed by atoms with Gasteiger partial charge in [-0.05, 0) is 12.0 Å². The predicted octanol–water partition coefficient (Wildman–Crippen LogP) is 1.41. The molecule has 7 nitrogen and oxygen atoms in total. The molecule has 1 aromatic rings. The summed E-state index contributed by atoms with van der Waals surface area (Å²) in [4.78, 5) is 14.1. The van der Waals surface area contributed by atoms with Gasteiger partial charge in [-0.1, -0.05) is 13.8 Å². The van der Waals surface area contributed by atoms with Gasteiger partial charge in [0, 0.05) is 6.07 Å². The highest BCUT2D eigenvalue weighted by atomic mass is 32.2. The lowest BCUT2D eigenvalue weighted by Crippen LogP contribution is -2.44. The van der Waals surface area contributed by atoms with Gasteiger partial charge in [0.1, 0.15) is 10.9 Å². The van der Waals surface area contributed by atoms with Gasteiger partial charge >= 0.3 is 12.1 Å². The summed E-state index contributed by atoms with van der Waals surface area (Å²) in [7, 11) is -4.18. The molecule has 2 N–H and O–H groups in total. The maximum atomic E-state index is 12.0. The lowest BCUT2D eigenvalue weighted by atomic mass is 10.1. The Bertz CT molecular complexity index is 644. The number of hydrogen-bond donors (Lipinski definition) is 2. The van der Waals surface area contributed by atoms with Crippen molar-refractivity contribution in [1.82, 2.24) is 9.71 Å². The second-order valence-electron chi connectivity index (χ2n) is 4.92. The van der Waals surface area contributed by atoms with Crippen LogP contribution >= 0.6 is 0 Å². The van der Waals surface area contributed by atoms with Crippen LogP contribution < -0.4 is 9.46 Å². The van der Waals surface area contributed by atoms with Gasteiger partial charge < -0.3 is 9.84 Å². The van der Waals surface area contributed by atoms with Crippen molar-refractivity contribution in [2.45, 2.75) is 31.0 Å². The summed E-state index contributed by atoms with van der Waals surface area (Å²) in [6, 6.07) is 0.576. The van der Waals surface area contributed by atoms with Gasteiger partial charge in [-0.15, -0.1) is 0 Å². The number of alkyl halides is 3. The van der Waals surface area contributed by atoms with Gasteiger partial charge in [0.2, 0.25) is 15.9 Å². The van der Waals surface area contributed by atoms with Crippen LogP contribution in [0.3, 0.4) is 0 Å². The number of rotatable bonds is 7. The number of ether oxygens (including phenoxy) is 1.